The van der Waals surface area contributed by atoms with E-state index in [-0.39, 0.29) is 0 Å². The van der Waals surface area contributed by atoms with Gasteiger partial charge in [-0.1, -0.05) is 35.3 Å². The number of benzene rings is 2. The fourth-order valence-electron chi connectivity index (χ4n) is 2.03. The minimum absolute atomic E-state index is 0.480. The fourth-order valence-corrected chi connectivity index (χ4v) is 2.48. The van der Waals surface area contributed by atoms with E-state index in [2.05, 4.69) is 9.97 Å². The molecule has 0 amide bonds. The molecule has 0 saturated carbocycles. The Morgan fingerprint density at radius 3 is 2.37 bits per heavy atom. The lowest BCUT2D eigenvalue weighted by molar-refractivity contribution is 1.22. The van der Waals surface area contributed by atoms with Crippen LogP contribution in [0.1, 0.15) is 5.56 Å². The van der Waals surface area contributed by atoms with Crippen molar-refractivity contribution in [2.45, 2.75) is 6.92 Å². The lowest BCUT2D eigenvalue weighted by Crippen LogP contribution is -1.93. The number of hydrogen-bond acceptors (Lipinski definition) is 2. The third kappa shape index (κ3) is 2.29. The summed E-state index contributed by atoms with van der Waals surface area (Å²) in [5, 5.41) is 2.07. The van der Waals surface area contributed by atoms with Gasteiger partial charge in [0, 0.05) is 16.0 Å². The second kappa shape index (κ2) is 4.80. The molecule has 4 heteroatoms. The molecule has 0 atom stereocenters. The van der Waals surface area contributed by atoms with E-state index in [1.165, 1.54) is 0 Å². The Labute approximate surface area is 121 Å². The van der Waals surface area contributed by atoms with Crippen LogP contribution in [0.25, 0.3) is 22.3 Å². The highest BCUT2D eigenvalue weighted by molar-refractivity contribution is 6.34. The van der Waals surface area contributed by atoms with Crippen LogP contribution in [0, 0.1) is 6.92 Å². The van der Waals surface area contributed by atoms with Gasteiger partial charge in [0.1, 0.15) is 5.15 Å². The first-order valence-corrected chi connectivity index (χ1v) is 6.59. The first kappa shape index (κ1) is 12.4. The van der Waals surface area contributed by atoms with Crippen molar-refractivity contribution in [2.24, 2.45) is 0 Å². The van der Waals surface area contributed by atoms with Crippen molar-refractivity contribution in [3.8, 4) is 11.4 Å². The van der Waals surface area contributed by atoms with Crippen LogP contribution in [0.4, 0.5) is 0 Å². The van der Waals surface area contributed by atoms with Gasteiger partial charge < -0.3 is 0 Å². The SMILES string of the molecule is Cc1cccc2nc(-c3ccc(Cl)cc3)nc(Cl)c12. The lowest BCUT2D eigenvalue weighted by atomic mass is 10.1. The van der Waals surface area contributed by atoms with Crippen LogP contribution < -0.4 is 0 Å². The maximum absolute atomic E-state index is 6.27. The van der Waals surface area contributed by atoms with Crippen molar-refractivity contribution in [3.05, 3.63) is 58.2 Å². The molecule has 0 fully saturated rings. The monoisotopic (exact) mass is 288 g/mol. The van der Waals surface area contributed by atoms with Gasteiger partial charge in [-0.25, -0.2) is 9.97 Å². The molecule has 0 spiro atoms. The van der Waals surface area contributed by atoms with Crippen molar-refractivity contribution in [3.63, 3.8) is 0 Å². The molecular weight excluding hydrogens is 279 g/mol. The first-order chi connectivity index (χ1) is 9.15. The Morgan fingerprint density at radius 2 is 1.63 bits per heavy atom. The van der Waals surface area contributed by atoms with Crippen LogP contribution >= 0.6 is 23.2 Å². The summed E-state index contributed by atoms with van der Waals surface area (Å²) in [6.07, 6.45) is 0. The summed E-state index contributed by atoms with van der Waals surface area (Å²) in [4.78, 5) is 8.93. The molecule has 3 rings (SSSR count). The third-order valence-electron chi connectivity index (χ3n) is 2.99. The normalized spacial score (nSPS) is 10.9. The number of hydrogen-bond donors (Lipinski definition) is 0. The Bertz CT molecular complexity index is 752. The molecule has 1 aromatic heterocycles. The van der Waals surface area contributed by atoms with Crippen molar-refractivity contribution in [2.75, 3.05) is 0 Å². The zero-order valence-corrected chi connectivity index (χ0v) is 11.7. The largest absolute Gasteiger partial charge is 0.228 e. The molecule has 0 saturated heterocycles. The van der Waals surface area contributed by atoms with Gasteiger partial charge in [0.25, 0.3) is 0 Å². The van der Waals surface area contributed by atoms with E-state index in [9.17, 15) is 0 Å². The Hall–Kier alpha value is -1.64. The van der Waals surface area contributed by atoms with E-state index >= 15 is 0 Å². The number of rotatable bonds is 1. The van der Waals surface area contributed by atoms with E-state index in [0.717, 1.165) is 22.0 Å². The molecule has 0 N–H and O–H groups in total. The summed E-state index contributed by atoms with van der Waals surface area (Å²) in [6, 6.07) is 13.3. The first-order valence-electron chi connectivity index (χ1n) is 5.84. The van der Waals surface area contributed by atoms with Crippen molar-refractivity contribution >= 4 is 34.1 Å². The number of fused-ring (bicyclic) bond motifs is 1. The van der Waals surface area contributed by atoms with Crippen LogP contribution in [-0.2, 0) is 0 Å². The van der Waals surface area contributed by atoms with Gasteiger partial charge >= 0.3 is 0 Å². The summed E-state index contributed by atoms with van der Waals surface area (Å²) in [6.45, 7) is 2.00. The molecule has 3 aromatic rings. The van der Waals surface area contributed by atoms with E-state index < -0.39 is 0 Å². The molecule has 0 aliphatic heterocycles. The Morgan fingerprint density at radius 1 is 0.895 bits per heavy atom. The van der Waals surface area contributed by atoms with Crippen molar-refractivity contribution in [1.29, 1.82) is 0 Å². The smallest absolute Gasteiger partial charge is 0.161 e. The number of nitrogens with zero attached hydrogens (tertiary/aromatic N) is 2. The van der Waals surface area contributed by atoms with Gasteiger partial charge in [0.05, 0.1) is 5.52 Å². The van der Waals surface area contributed by atoms with Crippen LogP contribution in [0.3, 0.4) is 0 Å². The van der Waals surface area contributed by atoms with Crippen molar-refractivity contribution < 1.29 is 0 Å². The topological polar surface area (TPSA) is 25.8 Å². The summed E-state index contributed by atoms with van der Waals surface area (Å²) in [5.74, 6) is 0.611. The quantitative estimate of drug-likeness (QED) is 0.595. The van der Waals surface area contributed by atoms with Gasteiger partial charge in [-0.05, 0) is 42.8 Å². The standard InChI is InChI=1S/C15H10Cl2N2/c1-9-3-2-4-12-13(9)14(17)19-15(18-12)10-5-7-11(16)8-6-10/h2-8H,1H3. The highest BCUT2D eigenvalue weighted by Crippen LogP contribution is 2.27. The zero-order chi connectivity index (χ0) is 13.4. The molecular formula is C15H10Cl2N2. The van der Waals surface area contributed by atoms with Crippen LogP contribution in [0.15, 0.2) is 42.5 Å². The molecule has 2 aromatic carbocycles. The highest BCUT2D eigenvalue weighted by Gasteiger charge is 2.09. The molecule has 94 valence electrons. The number of aryl methyl sites for hydroxylation is 1. The lowest BCUT2D eigenvalue weighted by Gasteiger charge is -2.06. The number of halogens is 2. The third-order valence-corrected chi connectivity index (χ3v) is 3.52. The molecule has 1 heterocycles. The Balaban J connectivity index is 2.24. The van der Waals surface area contributed by atoms with Crippen LogP contribution in [0.2, 0.25) is 10.2 Å². The van der Waals surface area contributed by atoms with E-state index in [1.54, 1.807) is 0 Å². The van der Waals surface area contributed by atoms with Crippen LogP contribution in [0.5, 0.6) is 0 Å². The summed E-state index contributed by atoms with van der Waals surface area (Å²) < 4.78 is 0. The molecule has 0 unspecified atom stereocenters. The molecule has 19 heavy (non-hydrogen) atoms. The Kier molecular flexibility index (Phi) is 3.13. The van der Waals surface area contributed by atoms with Gasteiger partial charge in [0.2, 0.25) is 0 Å². The minimum Gasteiger partial charge on any atom is -0.228 e. The van der Waals surface area contributed by atoms with Crippen LogP contribution in [-0.4, -0.2) is 9.97 Å². The highest BCUT2D eigenvalue weighted by atomic mass is 35.5. The summed E-state index contributed by atoms with van der Waals surface area (Å²) >= 11 is 12.2. The van der Waals surface area contributed by atoms with Gasteiger partial charge in [-0.3, -0.25) is 0 Å². The van der Waals surface area contributed by atoms with Gasteiger partial charge in [-0.15, -0.1) is 0 Å². The number of aromatic nitrogens is 2. The van der Waals surface area contributed by atoms with E-state index in [1.807, 2.05) is 49.4 Å². The second-order valence-corrected chi connectivity index (χ2v) is 5.11. The predicted octanol–water partition coefficient (Wildman–Crippen LogP) is 4.91. The van der Waals surface area contributed by atoms with Gasteiger partial charge in [-0.2, -0.15) is 0 Å². The molecule has 0 bridgehead atoms. The average Bonchev–Trinajstić information content (AvgIpc) is 2.39. The second-order valence-electron chi connectivity index (χ2n) is 4.31. The molecule has 0 radical (unpaired) electrons. The molecule has 0 aliphatic rings. The average molecular weight is 289 g/mol. The molecule has 0 aliphatic carbocycles. The zero-order valence-electron chi connectivity index (χ0n) is 10.2. The van der Waals surface area contributed by atoms with Crippen molar-refractivity contribution in [1.82, 2.24) is 9.97 Å². The maximum Gasteiger partial charge on any atom is 0.161 e. The molecule has 2 nitrogen and oxygen atoms in total. The maximum atomic E-state index is 6.27. The van der Waals surface area contributed by atoms with E-state index in [0.29, 0.717) is 16.0 Å². The van der Waals surface area contributed by atoms with Gasteiger partial charge in [0.15, 0.2) is 5.82 Å². The summed E-state index contributed by atoms with van der Waals surface area (Å²) in [7, 11) is 0. The fraction of sp³-hybridized carbons (Fsp3) is 0.0667. The minimum atomic E-state index is 0.480. The van der Waals surface area contributed by atoms with E-state index in [4.69, 9.17) is 23.2 Å². The summed E-state index contributed by atoms with van der Waals surface area (Å²) in [5.41, 5.74) is 2.82. The predicted molar refractivity (Wildman–Crippen MR) is 79.7 cm³/mol.